The molecule has 0 bridgehead atoms. The topological polar surface area (TPSA) is 148 Å². The Morgan fingerprint density at radius 3 is 0.936 bits per heavy atom. The minimum Gasteiger partial charge on any atom is -0.324 e. The number of halogens is 4. The number of fused-ring (bicyclic) bond motifs is 4. The van der Waals surface area contributed by atoms with E-state index in [2.05, 4.69) is 30.6 Å². The molecule has 8 aromatic carbocycles. The highest BCUT2D eigenvalue weighted by Gasteiger charge is 2.25. The molecule has 0 radical (unpaired) electrons. The van der Waals surface area contributed by atoms with E-state index in [0.29, 0.717) is 20.1 Å². The van der Waals surface area contributed by atoms with E-state index in [1.807, 2.05) is 158 Å². The molecular formula is C62H48Cl4N8O4. The van der Waals surface area contributed by atoms with E-state index in [1.165, 1.54) is 0 Å². The van der Waals surface area contributed by atoms with Gasteiger partial charge in [-0.25, -0.2) is 0 Å². The maximum atomic E-state index is 12.0. The molecule has 0 atom stereocenters. The lowest BCUT2D eigenvalue weighted by molar-refractivity contribution is -0.117. The second-order valence-corrected chi connectivity index (χ2v) is 19.6. The molecule has 12 rings (SSSR count). The minimum absolute atomic E-state index is 0.0282. The average molecular weight is 1110 g/mol. The maximum Gasteiger partial charge on any atom is 0.248 e. The highest BCUT2D eigenvalue weighted by Crippen LogP contribution is 2.32. The third-order valence-electron chi connectivity index (χ3n) is 12.6. The van der Waals surface area contributed by atoms with Crippen LogP contribution in [0, 0.1) is 0 Å². The van der Waals surface area contributed by atoms with E-state index in [1.54, 1.807) is 60.3 Å². The molecule has 78 heavy (non-hydrogen) atoms. The molecule has 4 aliphatic rings. The number of amides is 4. The molecule has 12 nitrogen and oxygen atoms in total. The first-order valence-electron chi connectivity index (χ1n) is 24.5. The molecule has 388 valence electrons. The van der Waals surface area contributed by atoms with Crippen LogP contribution >= 0.6 is 46.4 Å². The van der Waals surface area contributed by atoms with Crippen molar-refractivity contribution in [3.63, 3.8) is 0 Å². The zero-order valence-corrected chi connectivity index (χ0v) is 45.2. The van der Waals surface area contributed by atoms with Gasteiger partial charge in [-0.15, -0.1) is 0 Å². The van der Waals surface area contributed by atoms with Gasteiger partial charge in [0, 0.05) is 78.7 Å². The molecule has 2 N–H and O–H groups in total. The van der Waals surface area contributed by atoms with Gasteiger partial charge in [0.05, 0.1) is 45.6 Å². The Morgan fingerprint density at radius 1 is 0.346 bits per heavy atom. The van der Waals surface area contributed by atoms with Crippen LogP contribution in [0.4, 0.5) is 22.7 Å². The van der Waals surface area contributed by atoms with Gasteiger partial charge < -0.3 is 20.4 Å². The summed E-state index contributed by atoms with van der Waals surface area (Å²) in [5.74, 6) is -0.289. The Kier molecular flexibility index (Phi) is 17.5. The Hall–Kier alpha value is -8.52. The maximum absolute atomic E-state index is 12.0. The summed E-state index contributed by atoms with van der Waals surface area (Å²) >= 11 is 24.3. The second kappa shape index (κ2) is 25.1. The first kappa shape index (κ1) is 54.3. The van der Waals surface area contributed by atoms with Gasteiger partial charge in [0.15, 0.2) is 0 Å². The number of hydrogen-bond acceptors (Lipinski definition) is 8. The molecule has 0 fully saturated rings. The number of likely N-dealkylation sites (N-methyl/N-ethyl adjacent to an activating group) is 2. The zero-order valence-electron chi connectivity index (χ0n) is 42.1. The normalized spacial score (nSPS) is 14.4. The highest BCUT2D eigenvalue weighted by atomic mass is 35.5. The summed E-state index contributed by atoms with van der Waals surface area (Å²) in [5.41, 5.74) is 13.7. The van der Waals surface area contributed by atoms with Crippen LogP contribution in [0.25, 0.3) is 0 Å². The summed E-state index contributed by atoms with van der Waals surface area (Å²) in [6.45, 7) is 0.535. The smallest absolute Gasteiger partial charge is 0.248 e. The lowest BCUT2D eigenvalue weighted by Gasteiger charge is -2.18. The number of anilines is 4. The van der Waals surface area contributed by atoms with Crippen LogP contribution in [0.1, 0.15) is 44.5 Å². The molecule has 0 aromatic heterocycles. The summed E-state index contributed by atoms with van der Waals surface area (Å²) in [7, 11) is 3.52. The van der Waals surface area contributed by atoms with E-state index in [9.17, 15) is 19.2 Å². The van der Waals surface area contributed by atoms with Crippen molar-refractivity contribution in [3.05, 3.63) is 259 Å². The van der Waals surface area contributed by atoms with Gasteiger partial charge in [0.25, 0.3) is 0 Å². The molecule has 16 heteroatoms. The van der Waals surface area contributed by atoms with Crippen molar-refractivity contribution in [2.75, 3.05) is 60.7 Å². The fraction of sp³-hybridized carbons (Fsp3) is 0.0968. The quantitative estimate of drug-likeness (QED) is 0.180. The summed E-state index contributed by atoms with van der Waals surface area (Å²) < 4.78 is 0. The van der Waals surface area contributed by atoms with Gasteiger partial charge in [-0.2, -0.15) is 0 Å². The molecule has 0 saturated carbocycles. The number of carbonyl (C=O) groups excluding carboxylic acids is 4. The number of carbonyl (C=O) groups is 4. The monoisotopic (exact) mass is 1110 g/mol. The van der Waals surface area contributed by atoms with Crippen molar-refractivity contribution in [3.8, 4) is 0 Å². The number of benzodiazepines with no additional fused rings is 4. The van der Waals surface area contributed by atoms with Gasteiger partial charge in [0.1, 0.15) is 26.2 Å². The lowest BCUT2D eigenvalue weighted by Crippen LogP contribution is -2.27. The third-order valence-corrected chi connectivity index (χ3v) is 13.6. The highest BCUT2D eigenvalue weighted by molar-refractivity contribution is 6.34. The predicted octanol–water partition coefficient (Wildman–Crippen LogP) is 12.6. The first-order valence-corrected chi connectivity index (χ1v) is 26.0. The Labute approximate surface area is 471 Å². The molecule has 4 aliphatic heterocycles. The zero-order chi connectivity index (χ0) is 54.7. The Balaban J connectivity index is 0.000000126. The fourth-order valence-electron chi connectivity index (χ4n) is 8.79. The number of rotatable bonds is 4. The van der Waals surface area contributed by atoms with Gasteiger partial charge in [0.2, 0.25) is 23.6 Å². The van der Waals surface area contributed by atoms with Crippen molar-refractivity contribution in [1.29, 1.82) is 0 Å². The number of aliphatic imine (C=N–C) groups is 4. The van der Waals surface area contributed by atoms with Crippen LogP contribution < -0.4 is 20.4 Å². The molecule has 4 heterocycles. The molecular weight excluding hydrogens is 1060 g/mol. The van der Waals surface area contributed by atoms with E-state index >= 15 is 0 Å². The van der Waals surface area contributed by atoms with Crippen molar-refractivity contribution >= 4 is 116 Å². The SMILES string of the molecule is CN1C(=O)CN=C(c2ccccc2)c2cc(Cl)ccc21.CN1C(=O)CN=C(c2ccccc2)c2cc(Cl)ccc21.O=C1CN=C(c2ccccc2)c2cc(Cl)ccc2N1.O=C1CN=C(c2ccccc2)c2cc(Cl)ccc2N1. The van der Waals surface area contributed by atoms with E-state index in [4.69, 9.17) is 46.4 Å². The summed E-state index contributed by atoms with van der Waals surface area (Å²) in [6, 6.07) is 61.0. The summed E-state index contributed by atoms with van der Waals surface area (Å²) in [4.78, 5) is 68.4. The minimum atomic E-state index is -0.116. The van der Waals surface area contributed by atoms with Crippen LogP contribution in [0.5, 0.6) is 0 Å². The Bertz CT molecular complexity index is 3450. The molecule has 4 amide bonds. The second-order valence-electron chi connectivity index (χ2n) is 17.8. The Morgan fingerprint density at radius 2 is 0.615 bits per heavy atom. The van der Waals surface area contributed by atoms with Crippen LogP contribution in [-0.4, -0.2) is 86.7 Å². The summed E-state index contributed by atoms with van der Waals surface area (Å²) in [5, 5.41) is 8.19. The number of benzene rings is 8. The van der Waals surface area contributed by atoms with Gasteiger partial charge in [-0.05, 0) is 72.8 Å². The molecule has 0 saturated heterocycles. The number of nitrogens with zero attached hydrogens (tertiary/aromatic N) is 6. The van der Waals surface area contributed by atoms with Gasteiger partial charge in [-0.1, -0.05) is 168 Å². The van der Waals surface area contributed by atoms with Crippen LogP contribution in [0.2, 0.25) is 20.1 Å². The van der Waals surface area contributed by atoms with Crippen LogP contribution in [0.15, 0.2) is 214 Å². The molecule has 0 unspecified atom stereocenters. The van der Waals surface area contributed by atoms with Crippen LogP contribution in [0.3, 0.4) is 0 Å². The van der Waals surface area contributed by atoms with E-state index in [-0.39, 0.29) is 49.8 Å². The van der Waals surface area contributed by atoms with E-state index in [0.717, 1.165) is 90.1 Å². The van der Waals surface area contributed by atoms with E-state index < -0.39 is 0 Å². The predicted molar refractivity (Wildman–Crippen MR) is 318 cm³/mol. The lowest BCUT2D eigenvalue weighted by atomic mass is 10.0. The third kappa shape index (κ3) is 13.0. The van der Waals surface area contributed by atoms with Crippen molar-refractivity contribution in [2.24, 2.45) is 20.0 Å². The van der Waals surface area contributed by atoms with Gasteiger partial charge in [-0.3, -0.25) is 39.1 Å². The molecule has 8 aromatic rings. The fourth-order valence-corrected chi connectivity index (χ4v) is 9.48. The largest absolute Gasteiger partial charge is 0.324 e. The summed E-state index contributed by atoms with van der Waals surface area (Å²) in [6.07, 6.45) is 0. The number of nitrogens with one attached hydrogen (secondary N) is 2. The van der Waals surface area contributed by atoms with Crippen molar-refractivity contribution in [1.82, 2.24) is 0 Å². The molecule has 0 spiro atoms. The first-order chi connectivity index (χ1) is 37.8. The number of hydrogen-bond donors (Lipinski definition) is 2. The standard InChI is InChI=1S/2C16H13ClN2O.2C15H11ClN2O/c2*1-19-14-8-7-12(17)9-13(14)16(18-10-15(19)20)11-5-3-2-4-6-11;2*16-11-6-7-13-12(8-11)15(17-9-14(19)18-13)10-4-2-1-3-5-10/h2*2-9H,10H2,1H3;2*1-8H,9H2,(H,18,19). The average Bonchev–Trinajstić information content (AvgIpc) is 3.84. The van der Waals surface area contributed by atoms with Gasteiger partial charge >= 0.3 is 0 Å². The van der Waals surface area contributed by atoms with Crippen molar-refractivity contribution in [2.45, 2.75) is 0 Å². The van der Waals surface area contributed by atoms with Crippen LogP contribution in [-0.2, 0) is 19.2 Å². The van der Waals surface area contributed by atoms with Crippen molar-refractivity contribution < 1.29 is 19.2 Å². The molecule has 0 aliphatic carbocycles.